The first-order chi connectivity index (χ1) is 9.26. The standard InChI is InChI=1S/C16H25NS2/c1-3-5-12-6-8-13(9-7-12)15(17)16-14(4-2)18-10-11-19-16/h6-9,14-16H,3-5,10-11,17H2,1-2H3. The van der Waals surface area contributed by atoms with Gasteiger partial charge in [0, 0.05) is 28.0 Å². The molecule has 0 aromatic heterocycles. The highest BCUT2D eigenvalue weighted by molar-refractivity contribution is 8.07. The molecule has 2 rings (SSSR count). The Hall–Kier alpha value is -0.120. The molecule has 0 amide bonds. The molecule has 1 aromatic rings. The number of hydrogen-bond donors (Lipinski definition) is 1. The molecule has 19 heavy (non-hydrogen) atoms. The van der Waals surface area contributed by atoms with E-state index in [9.17, 15) is 0 Å². The second-order valence-electron chi connectivity index (χ2n) is 5.17. The molecule has 1 nitrogen and oxygen atoms in total. The lowest BCUT2D eigenvalue weighted by molar-refractivity contribution is 0.630. The van der Waals surface area contributed by atoms with E-state index in [1.807, 2.05) is 0 Å². The van der Waals surface area contributed by atoms with Crippen LogP contribution in [0.2, 0.25) is 0 Å². The first kappa shape index (κ1) is 15.3. The molecule has 106 valence electrons. The van der Waals surface area contributed by atoms with Crippen LogP contribution in [0.1, 0.15) is 43.9 Å². The topological polar surface area (TPSA) is 26.0 Å². The van der Waals surface area contributed by atoms with E-state index in [0.717, 1.165) is 0 Å². The summed E-state index contributed by atoms with van der Waals surface area (Å²) in [6.45, 7) is 4.51. The number of thioether (sulfide) groups is 2. The van der Waals surface area contributed by atoms with Gasteiger partial charge in [0.15, 0.2) is 0 Å². The molecule has 0 radical (unpaired) electrons. The third-order valence-electron chi connectivity index (χ3n) is 3.75. The minimum atomic E-state index is 0.179. The predicted molar refractivity (Wildman–Crippen MR) is 90.1 cm³/mol. The van der Waals surface area contributed by atoms with Crippen LogP contribution in [0, 0.1) is 0 Å². The van der Waals surface area contributed by atoms with Crippen LogP contribution in [0.25, 0.3) is 0 Å². The van der Waals surface area contributed by atoms with Crippen LogP contribution in [0.5, 0.6) is 0 Å². The number of nitrogens with two attached hydrogens (primary N) is 1. The van der Waals surface area contributed by atoms with Gasteiger partial charge in [-0.05, 0) is 24.0 Å². The summed E-state index contributed by atoms with van der Waals surface area (Å²) < 4.78 is 0. The van der Waals surface area contributed by atoms with Crippen LogP contribution in [0.4, 0.5) is 0 Å². The largest absolute Gasteiger partial charge is 0.323 e. The lowest BCUT2D eigenvalue weighted by Gasteiger charge is -2.34. The Morgan fingerprint density at radius 1 is 1.16 bits per heavy atom. The van der Waals surface area contributed by atoms with Gasteiger partial charge in [-0.15, -0.1) is 0 Å². The lowest BCUT2D eigenvalue weighted by atomic mass is 9.99. The highest BCUT2D eigenvalue weighted by atomic mass is 32.2. The average molecular weight is 296 g/mol. The second kappa shape index (κ2) is 7.61. The van der Waals surface area contributed by atoms with Gasteiger partial charge in [-0.3, -0.25) is 0 Å². The van der Waals surface area contributed by atoms with Crippen molar-refractivity contribution in [2.75, 3.05) is 11.5 Å². The van der Waals surface area contributed by atoms with Crippen molar-refractivity contribution in [1.29, 1.82) is 0 Å². The maximum absolute atomic E-state index is 6.53. The first-order valence-corrected chi connectivity index (χ1v) is 9.43. The van der Waals surface area contributed by atoms with Crippen molar-refractivity contribution in [2.45, 2.75) is 49.7 Å². The SMILES string of the molecule is CCCc1ccc(C(N)C2SCCSC2CC)cc1. The van der Waals surface area contributed by atoms with Crippen LogP contribution >= 0.6 is 23.5 Å². The van der Waals surface area contributed by atoms with Crippen molar-refractivity contribution >= 4 is 23.5 Å². The van der Waals surface area contributed by atoms with Gasteiger partial charge in [0.1, 0.15) is 0 Å². The zero-order valence-electron chi connectivity index (χ0n) is 12.0. The molecule has 2 N–H and O–H groups in total. The molecule has 3 heteroatoms. The number of hydrogen-bond acceptors (Lipinski definition) is 3. The molecule has 3 unspecified atom stereocenters. The van der Waals surface area contributed by atoms with E-state index in [1.54, 1.807) is 0 Å². The van der Waals surface area contributed by atoms with E-state index < -0.39 is 0 Å². The summed E-state index contributed by atoms with van der Waals surface area (Å²) in [5.74, 6) is 2.52. The summed E-state index contributed by atoms with van der Waals surface area (Å²) in [6.07, 6.45) is 3.60. The van der Waals surface area contributed by atoms with E-state index in [-0.39, 0.29) is 6.04 Å². The summed E-state index contributed by atoms with van der Waals surface area (Å²) >= 11 is 4.17. The Labute approximate surface area is 126 Å². The zero-order valence-corrected chi connectivity index (χ0v) is 13.6. The summed E-state index contributed by atoms with van der Waals surface area (Å²) in [4.78, 5) is 0. The Balaban J connectivity index is 2.06. The quantitative estimate of drug-likeness (QED) is 0.878. The van der Waals surface area contributed by atoms with Crippen LogP contribution in [-0.4, -0.2) is 22.0 Å². The van der Waals surface area contributed by atoms with Gasteiger partial charge in [-0.1, -0.05) is 44.5 Å². The van der Waals surface area contributed by atoms with E-state index in [2.05, 4.69) is 61.6 Å². The van der Waals surface area contributed by atoms with Crippen molar-refractivity contribution in [1.82, 2.24) is 0 Å². The Morgan fingerprint density at radius 3 is 2.47 bits per heavy atom. The molecule has 1 fully saturated rings. The average Bonchev–Trinajstić information content (AvgIpc) is 2.47. The Kier molecular flexibility index (Phi) is 6.11. The summed E-state index contributed by atoms with van der Waals surface area (Å²) in [5, 5.41) is 1.28. The Morgan fingerprint density at radius 2 is 1.84 bits per heavy atom. The van der Waals surface area contributed by atoms with Crippen molar-refractivity contribution < 1.29 is 0 Å². The van der Waals surface area contributed by atoms with Crippen LogP contribution in [-0.2, 0) is 6.42 Å². The molecular formula is C16H25NS2. The molecule has 1 heterocycles. The van der Waals surface area contributed by atoms with Crippen molar-refractivity contribution in [3.63, 3.8) is 0 Å². The van der Waals surface area contributed by atoms with E-state index in [1.165, 1.54) is 41.9 Å². The molecule has 0 aliphatic carbocycles. The molecule has 0 bridgehead atoms. The normalized spacial score (nSPS) is 25.2. The maximum atomic E-state index is 6.53. The summed E-state index contributed by atoms with van der Waals surface area (Å²) in [5.41, 5.74) is 9.26. The van der Waals surface area contributed by atoms with Crippen LogP contribution in [0.3, 0.4) is 0 Å². The van der Waals surface area contributed by atoms with Crippen molar-refractivity contribution in [2.24, 2.45) is 5.73 Å². The van der Waals surface area contributed by atoms with Gasteiger partial charge in [0.05, 0.1) is 0 Å². The number of benzene rings is 1. The fraction of sp³-hybridized carbons (Fsp3) is 0.625. The number of rotatable bonds is 5. The Bertz CT molecular complexity index is 377. The molecule has 1 aliphatic heterocycles. The smallest absolute Gasteiger partial charge is 0.0426 e. The molecule has 3 atom stereocenters. The van der Waals surface area contributed by atoms with Gasteiger partial charge in [0.25, 0.3) is 0 Å². The van der Waals surface area contributed by atoms with Gasteiger partial charge in [-0.2, -0.15) is 23.5 Å². The third kappa shape index (κ3) is 3.93. The molecule has 0 spiro atoms. The van der Waals surface area contributed by atoms with Crippen LogP contribution in [0.15, 0.2) is 24.3 Å². The maximum Gasteiger partial charge on any atom is 0.0426 e. The lowest BCUT2D eigenvalue weighted by Crippen LogP contribution is -2.35. The van der Waals surface area contributed by atoms with Gasteiger partial charge >= 0.3 is 0 Å². The molecule has 1 aliphatic rings. The van der Waals surface area contributed by atoms with E-state index in [0.29, 0.717) is 10.5 Å². The van der Waals surface area contributed by atoms with Crippen LogP contribution < -0.4 is 5.73 Å². The predicted octanol–water partition coefficient (Wildman–Crippen LogP) is 4.27. The van der Waals surface area contributed by atoms with Gasteiger partial charge in [0.2, 0.25) is 0 Å². The minimum absolute atomic E-state index is 0.179. The third-order valence-corrected chi connectivity index (χ3v) is 7.12. The molecule has 1 aromatic carbocycles. The van der Waals surface area contributed by atoms with Gasteiger partial charge in [-0.25, -0.2) is 0 Å². The second-order valence-corrected chi connectivity index (χ2v) is 7.80. The fourth-order valence-electron chi connectivity index (χ4n) is 2.66. The highest BCUT2D eigenvalue weighted by Gasteiger charge is 2.30. The summed E-state index contributed by atoms with van der Waals surface area (Å²) in [6, 6.07) is 9.16. The zero-order chi connectivity index (χ0) is 13.7. The van der Waals surface area contributed by atoms with Crippen molar-refractivity contribution in [3.8, 4) is 0 Å². The monoisotopic (exact) mass is 295 g/mol. The molecule has 1 saturated heterocycles. The number of aryl methyl sites for hydroxylation is 1. The minimum Gasteiger partial charge on any atom is -0.323 e. The first-order valence-electron chi connectivity index (χ1n) is 7.33. The van der Waals surface area contributed by atoms with E-state index in [4.69, 9.17) is 5.73 Å². The molecular weight excluding hydrogens is 270 g/mol. The van der Waals surface area contributed by atoms with Gasteiger partial charge < -0.3 is 5.73 Å². The summed E-state index contributed by atoms with van der Waals surface area (Å²) in [7, 11) is 0. The van der Waals surface area contributed by atoms with Crippen molar-refractivity contribution in [3.05, 3.63) is 35.4 Å². The van der Waals surface area contributed by atoms with E-state index >= 15 is 0 Å². The molecule has 0 saturated carbocycles. The fourth-order valence-corrected chi connectivity index (χ4v) is 5.84. The highest BCUT2D eigenvalue weighted by Crippen LogP contribution is 2.39.